The molecule has 1 aromatic heterocycles. The van der Waals surface area contributed by atoms with Crippen molar-refractivity contribution in [1.29, 1.82) is 0 Å². The van der Waals surface area contributed by atoms with Gasteiger partial charge in [-0.05, 0) is 28.1 Å². The predicted molar refractivity (Wildman–Crippen MR) is 73.1 cm³/mol. The third kappa shape index (κ3) is 2.96. The van der Waals surface area contributed by atoms with Gasteiger partial charge in [-0.15, -0.1) is 0 Å². The standard InChI is InChI=1S/C13H12BrNO4/c1-15(6-5-11(16)17)13(18)10-7-8-3-2-4-9(14)12(8)19-10/h2-4,7H,5-6H2,1H3,(H,16,17). The molecule has 1 amide bonds. The first-order valence-corrected chi connectivity index (χ1v) is 6.43. The van der Waals surface area contributed by atoms with Crippen LogP contribution in [-0.4, -0.2) is 35.5 Å². The molecule has 0 aliphatic carbocycles. The van der Waals surface area contributed by atoms with E-state index >= 15 is 0 Å². The van der Waals surface area contributed by atoms with E-state index in [4.69, 9.17) is 9.52 Å². The van der Waals surface area contributed by atoms with Crippen LogP contribution in [0.3, 0.4) is 0 Å². The molecule has 0 saturated heterocycles. The van der Waals surface area contributed by atoms with Crippen molar-refractivity contribution >= 4 is 38.8 Å². The third-order valence-electron chi connectivity index (χ3n) is 2.71. The Hall–Kier alpha value is -1.82. The Balaban J connectivity index is 2.21. The summed E-state index contributed by atoms with van der Waals surface area (Å²) in [7, 11) is 1.55. The number of carboxylic acid groups (broad SMARTS) is 1. The summed E-state index contributed by atoms with van der Waals surface area (Å²) in [6.45, 7) is 0.145. The van der Waals surface area contributed by atoms with Crippen molar-refractivity contribution in [3.8, 4) is 0 Å². The van der Waals surface area contributed by atoms with Gasteiger partial charge in [0.05, 0.1) is 10.9 Å². The van der Waals surface area contributed by atoms with Crippen LogP contribution >= 0.6 is 15.9 Å². The van der Waals surface area contributed by atoms with E-state index in [1.165, 1.54) is 4.90 Å². The van der Waals surface area contributed by atoms with Gasteiger partial charge in [0, 0.05) is 19.0 Å². The zero-order valence-corrected chi connectivity index (χ0v) is 11.8. The van der Waals surface area contributed by atoms with Gasteiger partial charge in [-0.2, -0.15) is 0 Å². The lowest BCUT2D eigenvalue weighted by atomic mass is 10.2. The molecule has 0 aliphatic heterocycles. The summed E-state index contributed by atoms with van der Waals surface area (Å²) < 4.78 is 6.28. The number of carboxylic acids is 1. The van der Waals surface area contributed by atoms with Crippen molar-refractivity contribution in [2.75, 3.05) is 13.6 Å². The molecule has 1 N–H and O–H groups in total. The van der Waals surface area contributed by atoms with Crippen molar-refractivity contribution in [1.82, 2.24) is 4.90 Å². The van der Waals surface area contributed by atoms with E-state index in [9.17, 15) is 9.59 Å². The van der Waals surface area contributed by atoms with Crippen molar-refractivity contribution < 1.29 is 19.1 Å². The van der Waals surface area contributed by atoms with Crippen LogP contribution in [-0.2, 0) is 4.79 Å². The first-order chi connectivity index (χ1) is 8.99. The van der Waals surface area contributed by atoms with Gasteiger partial charge >= 0.3 is 5.97 Å². The minimum absolute atomic E-state index is 0.0911. The average Bonchev–Trinajstić information content (AvgIpc) is 2.80. The van der Waals surface area contributed by atoms with Gasteiger partial charge in [0.1, 0.15) is 5.58 Å². The number of nitrogens with zero attached hydrogens (tertiary/aromatic N) is 1. The summed E-state index contributed by atoms with van der Waals surface area (Å²) in [6, 6.07) is 7.18. The highest BCUT2D eigenvalue weighted by molar-refractivity contribution is 9.10. The molecule has 0 spiro atoms. The summed E-state index contributed by atoms with van der Waals surface area (Å²) in [5.74, 6) is -1.06. The Morgan fingerprint density at radius 3 is 2.79 bits per heavy atom. The maximum Gasteiger partial charge on any atom is 0.305 e. The highest BCUT2D eigenvalue weighted by atomic mass is 79.9. The highest BCUT2D eigenvalue weighted by Gasteiger charge is 2.18. The number of halogens is 1. The summed E-state index contributed by atoms with van der Waals surface area (Å²) in [5, 5.41) is 9.42. The molecule has 0 atom stereocenters. The van der Waals surface area contributed by atoms with Crippen LogP contribution in [0.15, 0.2) is 33.2 Å². The van der Waals surface area contributed by atoms with Crippen LogP contribution in [0, 0.1) is 0 Å². The number of hydrogen-bond donors (Lipinski definition) is 1. The Morgan fingerprint density at radius 2 is 2.16 bits per heavy atom. The number of carbonyl (C=O) groups excluding carboxylic acids is 1. The molecule has 100 valence electrons. The van der Waals surface area contributed by atoms with Crippen LogP contribution < -0.4 is 0 Å². The van der Waals surface area contributed by atoms with Crippen LogP contribution in [0.1, 0.15) is 17.0 Å². The van der Waals surface area contributed by atoms with Gasteiger partial charge < -0.3 is 14.4 Å². The molecular formula is C13H12BrNO4. The fourth-order valence-corrected chi connectivity index (χ4v) is 2.15. The molecule has 0 fully saturated rings. The van der Waals surface area contributed by atoms with E-state index in [-0.39, 0.29) is 24.6 Å². The topological polar surface area (TPSA) is 70.8 Å². The van der Waals surface area contributed by atoms with E-state index in [1.807, 2.05) is 18.2 Å². The molecule has 6 heteroatoms. The fraction of sp³-hybridized carbons (Fsp3) is 0.231. The largest absolute Gasteiger partial charge is 0.481 e. The second kappa shape index (κ2) is 5.44. The number of hydrogen-bond acceptors (Lipinski definition) is 3. The molecule has 0 bridgehead atoms. The molecule has 0 unspecified atom stereocenters. The Bertz CT molecular complexity index is 635. The lowest BCUT2D eigenvalue weighted by Crippen LogP contribution is -2.28. The normalized spacial score (nSPS) is 10.6. The molecule has 1 heterocycles. The SMILES string of the molecule is CN(CCC(=O)O)C(=O)c1cc2cccc(Br)c2o1. The van der Waals surface area contributed by atoms with Crippen LogP contribution in [0.5, 0.6) is 0 Å². The molecule has 0 aliphatic rings. The first kappa shape index (κ1) is 13.6. The quantitative estimate of drug-likeness (QED) is 0.938. The van der Waals surface area contributed by atoms with Gasteiger partial charge in [0.15, 0.2) is 5.76 Å². The number of amides is 1. The molecule has 1 aromatic carbocycles. The van der Waals surface area contributed by atoms with Gasteiger partial charge in [-0.3, -0.25) is 9.59 Å². The molecule has 2 aromatic rings. The van der Waals surface area contributed by atoms with E-state index in [0.29, 0.717) is 5.58 Å². The maximum atomic E-state index is 12.1. The lowest BCUT2D eigenvalue weighted by Gasteiger charge is -2.13. The summed E-state index contributed by atoms with van der Waals surface area (Å²) in [6.07, 6.45) is -0.0911. The molecule has 0 radical (unpaired) electrons. The Kier molecular flexibility index (Phi) is 3.90. The van der Waals surface area contributed by atoms with Crippen LogP contribution in [0.2, 0.25) is 0 Å². The van der Waals surface area contributed by atoms with Crippen LogP contribution in [0.25, 0.3) is 11.0 Å². The van der Waals surface area contributed by atoms with E-state index in [0.717, 1.165) is 9.86 Å². The van der Waals surface area contributed by atoms with Crippen molar-refractivity contribution in [2.24, 2.45) is 0 Å². The van der Waals surface area contributed by atoms with Crippen molar-refractivity contribution in [3.63, 3.8) is 0 Å². The van der Waals surface area contributed by atoms with Gasteiger partial charge in [-0.25, -0.2) is 0 Å². The van der Waals surface area contributed by atoms with Gasteiger partial charge in [0.2, 0.25) is 0 Å². The summed E-state index contributed by atoms with van der Waals surface area (Å²) in [4.78, 5) is 23.9. The molecule has 5 nitrogen and oxygen atoms in total. The van der Waals surface area contributed by atoms with E-state index in [2.05, 4.69) is 15.9 Å². The molecule has 0 saturated carbocycles. The minimum atomic E-state index is -0.938. The summed E-state index contributed by atoms with van der Waals surface area (Å²) in [5.41, 5.74) is 0.609. The number of benzene rings is 1. The van der Waals surface area contributed by atoms with Crippen molar-refractivity contribution in [3.05, 3.63) is 34.5 Å². The highest BCUT2D eigenvalue weighted by Crippen LogP contribution is 2.27. The fourth-order valence-electron chi connectivity index (χ4n) is 1.69. The lowest BCUT2D eigenvalue weighted by molar-refractivity contribution is -0.137. The van der Waals surface area contributed by atoms with Crippen molar-refractivity contribution in [2.45, 2.75) is 6.42 Å². The number of furan rings is 1. The van der Waals surface area contributed by atoms with E-state index < -0.39 is 5.97 Å². The predicted octanol–water partition coefficient (Wildman–Crippen LogP) is 2.74. The second-order valence-corrected chi connectivity index (χ2v) is 4.99. The van der Waals surface area contributed by atoms with E-state index in [1.54, 1.807) is 13.1 Å². The zero-order valence-electron chi connectivity index (χ0n) is 10.2. The summed E-state index contributed by atoms with van der Waals surface area (Å²) >= 11 is 3.35. The zero-order chi connectivity index (χ0) is 14.0. The molecular weight excluding hydrogens is 314 g/mol. The number of carbonyl (C=O) groups is 2. The number of fused-ring (bicyclic) bond motifs is 1. The third-order valence-corrected chi connectivity index (χ3v) is 3.34. The maximum absolute atomic E-state index is 12.1. The van der Waals surface area contributed by atoms with Crippen LogP contribution in [0.4, 0.5) is 0 Å². The Labute approximate surface area is 117 Å². The minimum Gasteiger partial charge on any atom is -0.481 e. The van der Waals surface area contributed by atoms with Gasteiger partial charge in [0.25, 0.3) is 5.91 Å². The Morgan fingerprint density at radius 1 is 1.42 bits per heavy atom. The molecule has 2 rings (SSSR count). The second-order valence-electron chi connectivity index (χ2n) is 4.14. The number of para-hydroxylation sites is 1. The monoisotopic (exact) mass is 325 g/mol. The first-order valence-electron chi connectivity index (χ1n) is 5.64. The average molecular weight is 326 g/mol. The number of rotatable bonds is 4. The number of aliphatic carboxylic acids is 1. The molecule has 19 heavy (non-hydrogen) atoms. The smallest absolute Gasteiger partial charge is 0.305 e. The van der Waals surface area contributed by atoms with Gasteiger partial charge in [-0.1, -0.05) is 12.1 Å².